The first kappa shape index (κ1) is 16.2. The van der Waals surface area contributed by atoms with Gasteiger partial charge in [0.25, 0.3) is 0 Å². The molecule has 21 heavy (non-hydrogen) atoms. The van der Waals surface area contributed by atoms with E-state index in [-0.39, 0.29) is 6.61 Å². The topological polar surface area (TPSA) is 57.6 Å². The minimum atomic E-state index is -3.50. The van der Waals surface area contributed by atoms with Gasteiger partial charge in [0.2, 0.25) is 10.0 Å². The first-order valence-electron chi connectivity index (χ1n) is 7.23. The molecule has 1 aromatic rings. The van der Waals surface area contributed by atoms with Gasteiger partial charge in [-0.05, 0) is 37.8 Å². The summed E-state index contributed by atoms with van der Waals surface area (Å²) in [5.74, 6) is 0. The lowest BCUT2D eigenvalue weighted by molar-refractivity contribution is 0.0669. The third kappa shape index (κ3) is 3.20. The van der Waals surface area contributed by atoms with Gasteiger partial charge < -0.3 is 5.11 Å². The minimum absolute atomic E-state index is 0.0151. The monoisotopic (exact) mass is 309 g/mol. The molecule has 4 nitrogen and oxygen atoms in total. The summed E-state index contributed by atoms with van der Waals surface area (Å²) in [7, 11) is -3.50. The Morgan fingerprint density at radius 1 is 1.43 bits per heavy atom. The first-order valence-corrected chi connectivity index (χ1v) is 8.67. The highest BCUT2D eigenvalue weighted by molar-refractivity contribution is 7.89. The molecule has 1 heterocycles. The van der Waals surface area contributed by atoms with Crippen molar-refractivity contribution in [3.05, 3.63) is 42.5 Å². The van der Waals surface area contributed by atoms with Gasteiger partial charge >= 0.3 is 0 Å². The van der Waals surface area contributed by atoms with Crippen LogP contribution in [0.5, 0.6) is 0 Å². The second-order valence-electron chi connectivity index (χ2n) is 5.86. The number of aryl methyl sites for hydroxylation is 1. The second kappa shape index (κ2) is 6.30. The average molecular weight is 309 g/mol. The number of piperidine rings is 1. The van der Waals surface area contributed by atoms with Crippen LogP contribution in [0.1, 0.15) is 24.8 Å². The Bertz CT molecular complexity index is 612. The molecule has 1 aliphatic rings. The van der Waals surface area contributed by atoms with Crippen molar-refractivity contribution in [1.29, 1.82) is 0 Å². The van der Waals surface area contributed by atoms with E-state index in [9.17, 15) is 13.5 Å². The third-order valence-electron chi connectivity index (χ3n) is 4.25. The van der Waals surface area contributed by atoms with Gasteiger partial charge in [0.05, 0.1) is 11.5 Å². The molecule has 1 unspecified atom stereocenters. The van der Waals surface area contributed by atoms with E-state index in [0.29, 0.717) is 24.4 Å². The Kier molecular flexibility index (Phi) is 4.86. The second-order valence-corrected chi connectivity index (χ2v) is 7.76. The normalized spacial score (nSPS) is 23.9. The summed E-state index contributed by atoms with van der Waals surface area (Å²) in [6.45, 7) is 6.38. The number of hydrogen-bond acceptors (Lipinski definition) is 3. The summed E-state index contributed by atoms with van der Waals surface area (Å²) in [5, 5.41) is 9.71. The van der Waals surface area contributed by atoms with Crippen molar-refractivity contribution in [2.75, 3.05) is 19.7 Å². The molecule has 0 radical (unpaired) electrons. The van der Waals surface area contributed by atoms with Crippen molar-refractivity contribution < 1.29 is 13.5 Å². The van der Waals surface area contributed by atoms with Crippen LogP contribution in [0.3, 0.4) is 0 Å². The number of sulfonamides is 1. The summed E-state index contributed by atoms with van der Waals surface area (Å²) in [6, 6.07) is 7.03. The van der Waals surface area contributed by atoms with Gasteiger partial charge in [-0.3, -0.25) is 0 Å². The number of nitrogens with zero attached hydrogens (tertiary/aromatic N) is 1. The van der Waals surface area contributed by atoms with Crippen molar-refractivity contribution in [3.63, 3.8) is 0 Å². The molecule has 1 aliphatic heterocycles. The Labute approximate surface area is 127 Å². The highest BCUT2D eigenvalue weighted by Crippen LogP contribution is 2.36. The predicted molar refractivity (Wildman–Crippen MR) is 83.5 cm³/mol. The zero-order valence-electron chi connectivity index (χ0n) is 12.5. The number of rotatable bonds is 5. The van der Waals surface area contributed by atoms with E-state index in [2.05, 4.69) is 6.58 Å². The molecule has 5 heteroatoms. The van der Waals surface area contributed by atoms with Crippen LogP contribution in [-0.4, -0.2) is 37.5 Å². The summed E-state index contributed by atoms with van der Waals surface area (Å²) in [5.41, 5.74) is 0.358. The number of allylic oxidation sites excluding steroid dienone is 1. The van der Waals surface area contributed by atoms with Crippen LogP contribution in [0.4, 0.5) is 0 Å². The zero-order valence-corrected chi connectivity index (χ0v) is 13.3. The summed E-state index contributed by atoms with van der Waals surface area (Å²) < 4.78 is 27.2. The molecule has 0 amide bonds. The van der Waals surface area contributed by atoms with E-state index < -0.39 is 15.4 Å². The molecule has 2 rings (SSSR count). The third-order valence-corrected chi connectivity index (χ3v) is 6.26. The fourth-order valence-electron chi connectivity index (χ4n) is 3.02. The van der Waals surface area contributed by atoms with Crippen molar-refractivity contribution in [2.24, 2.45) is 5.41 Å². The van der Waals surface area contributed by atoms with Gasteiger partial charge in [-0.2, -0.15) is 4.31 Å². The van der Waals surface area contributed by atoms with Crippen molar-refractivity contribution in [2.45, 2.75) is 31.1 Å². The first-order chi connectivity index (χ1) is 9.95. The van der Waals surface area contributed by atoms with Crippen molar-refractivity contribution in [3.8, 4) is 0 Å². The molecule has 0 saturated carbocycles. The zero-order chi connectivity index (χ0) is 15.5. The number of aliphatic hydroxyl groups excluding tert-OH is 1. The highest BCUT2D eigenvalue weighted by atomic mass is 32.2. The molecular formula is C16H23NO3S. The maximum atomic E-state index is 12.8. The quantitative estimate of drug-likeness (QED) is 0.849. The smallest absolute Gasteiger partial charge is 0.243 e. The summed E-state index contributed by atoms with van der Waals surface area (Å²) >= 11 is 0. The van der Waals surface area contributed by atoms with Crippen LogP contribution in [0, 0.1) is 12.3 Å². The van der Waals surface area contributed by atoms with E-state index in [1.807, 2.05) is 6.07 Å². The highest BCUT2D eigenvalue weighted by Gasteiger charge is 2.39. The largest absolute Gasteiger partial charge is 0.396 e. The van der Waals surface area contributed by atoms with Crippen LogP contribution >= 0.6 is 0 Å². The van der Waals surface area contributed by atoms with Gasteiger partial charge in [0, 0.05) is 18.5 Å². The van der Waals surface area contributed by atoms with E-state index in [0.717, 1.165) is 18.4 Å². The van der Waals surface area contributed by atoms with E-state index in [1.165, 1.54) is 4.31 Å². The van der Waals surface area contributed by atoms with E-state index >= 15 is 0 Å². The average Bonchev–Trinajstić information content (AvgIpc) is 2.48. The Hall–Kier alpha value is -1.17. The van der Waals surface area contributed by atoms with Gasteiger partial charge in [0.15, 0.2) is 0 Å². The van der Waals surface area contributed by atoms with Gasteiger partial charge in [-0.1, -0.05) is 24.3 Å². The van der Waals surface area contributed by atoms with E-state index in [4.69, 9.17) is 0 Å². The minimum Gasteiger partial charge on any atom is -0.396 e. The number of benzene rings is 1. The van der Waals surface area contributed by atoms with Gasteiger partial charge in [-0.15, -0.1) is 6.58 Å². The molecule has 0 bridgehead atoms. The van der Waals surface area contributed by atoms with Crippen LogP contribution in [0.15, 0.2) is 41.8 Å². The summed E-state index contributed by atoms with van der Waals surface area (Å²) in [4.78, 5) is 0.359. The van der Waals surface area contributed by atoms with Crippen LogP contribution < -0.4 is 0 Å². The van der Waals surface area contributed by atoms with Crippen molar-refractivity contribution >= 4 is 10.0 Å². The maximum Gasteiger partial charge on any atom is 0.243 e. The fraction of sp³-hybridized carbons (Fsp3) is 0.500. The van der Waals surface area contributed by atoms with E-state index in [1.54, 1.807) is 31.2 Å². The van der Waals surface area contributed by atoms with Gasteiger partial charge in [0.1, 0.15) is 0 Å². The van der Waals surface area contributed by atoms with Crippen LogP contribution in [0.2, 0.25) is 0 Å². The molecular weight excluding hydrogens is 286 g/mol. The standard InChI is InChI=1S/C16H23NO3S/c1-3-9-16(13-18)10-6-11-17(12-16)21(19,20)15-8-5-4-7-14(15)2/h3-5,7-8,18H,1,6,9-13H2,2H3. The lowest BCUT2D eigenvalue weighted by Crippen LogP contribution is -2.47. The fourth-order valence-corrected chi connectivity index (χ4v) is 4.84. The molecule has 1 N–H and O–H groups in total. The number of aliphatic hydroxyl groups is 1. The lowest BCUT2D eigenvalue weighted by atomic mass is 9.79. The predicted octanol–water partition coefficient (Wildman–Crippen LogP) is 2.33. The molecule has 116 valence electrons. The van der Waals surface area contributed by atoms with Crippen LogP contribution in [-0.2, 0) is 10.0 Å². The van der Waals surface area contributed by atoms with Gasteiger partial charge in [-0.25, -0.2) is 8.42 Å². The molecule has 1 aromatic carbocycles. The molecule has 0 spiro atoms. The van der Waals surface area contributed by atoms with Crippen LogP contribution in [0.25, 0.3) is 0 Å². The lowest BCUT2D eigenvalue weighted by Gasteiger charge is -2.40. The molecule has 1 atom stereocenters. The Balaban J connectivity index is 2.33. The Morgan fingerprint density at radius 2 is 2.14 bits per heavy atom. The molecule has 0 aromatic heterocycles. The SMILES string of the molecule is C=CCC1(CO)CCCN(S(=O)(=O)c2ccccc2C)C1. The molecule has 1 saturated heterocycles. The summed E-state index contributed by atoms with van der Waals surface area (Å²) in [6.07, 6.45) is 3.98. The number of hydrogen-bond donors (Lipinski definition) is 1. The molecule has 0 aliphatic carbocycles. The Morgan fingerprint density at radius 3 is 2.76 bits per heavy atom. The molecule has 1 fully saturated rings. The van der Waals surface area contributed by atoms with Crippen molar-refractivity contribution in [1.82, 2.24) is 4.31 Å². The maximum absolute atomic E-state index is 12.8.